The van der Waals surface area contributed by atoms with Crippen LogP contribution in [0.25, 0.3) is 0 Å². The third-order valence-electron chi connectivity index (χ3n) is 9.82. The highest BCUT2D eigenvalue weighted by atomic mass is 16.5. The molecule has 0 radical (unpaired) electrons. The van der Waals surface area contributed by atoms with E-state index in [4.69, 9.17) is 4.74 Å². The Labute approximate surface area is 232 Å². The van der Waals surface area contributed by atoms with Gasteiger partial charge in [-0.3, -0.25) is 14.4 Å². The van der Waals surface area contributed by atoms with Crippen molar-refractivity contribution < 1.29 is 19.1 Å². The molecule has 0 aromatic heterocycles. The van der Waals surface area contributed by atoms with E-state index in [1.807, 2.05) is 32.9 Å². The standard InChI is InChI=1S/C35H40O4/c1-21-9-11-25(12-10-21)18-27-32(29(37)19-24-7-5-4-6-8-24)35-14-13-30(39-35)31(33(35)34(27)38)28(36)20-26-16-22(2)15-23(3)17-26/h9-17,24,27,30-33H,4-8,18-20H2,1-3H3. The summed E-state index contributed by atoms with van der Waals surface area (Å²) in [7, 11) is 0. The number of aryl methyl sites for hydroxylation is 3. The van der Waals surface area contributed by atoms with Crippen molar-refractivity contribution >= 4 is 17.3 Å². The van der Waals surface area contributed by atoms with Crippen molar-refractivity contribution in [2.24, 2.45) is 29.6 Å². The third kappa shape index (κ3) is 4.75. The van der Waals surface area contributed by atoms with Crippen LogP contribution in [0.15, 0.2) is 54.6 Å². The van der Waals surface area contributed by atoms with Gasteiger partial charge >= 0.3 is 0 Å². The van der Waals surface area contributed by atoms with Crippen LogP contribution in [0.5, 0.6) is 0 Å². The highest BCUT2D eigenvalue weighted by Gasteiger charge is 2.72. The summed E-state index contributed by atoms with van der Waals surface area (Å²) < 4.78 is 6.61. The van der Waals surface area contributed by atoms with E-state index >= 15 is 0 Å². The molecule has 2 saturated carbocycles. The lowest BCUT2D eigenvalue weighted by molar-refractivity contribution is -0.135. The van der Waals surface area contributed by atoms with Crippen LogP contribution in [0.2, 0.25) is 0 Å². The number of ketones is 3. The Morgan fingerprint density at radius 1 is 0.872 bits per heavy atom. The first-order valence-corrected chi connectivity index (χ1v) is 14.8. The Hall–Kier alpha value is -2.85. The average molecular weight is 525 g/mol. The van der Waals surface area contributed by atoms with Gasteiger partial charge in [-0.05, 0) is 44.2 Å². The molecule has 6 atom stereocenters. The first kappa shape index (κ1) is 26.4. The summed E-state index contributed by atoms with van der Waals surface area (Å²) in [6.07, 6.45) is 10.6. The number of carbonyl (C=O) groups excluding carboxylic acids is 3. The molecule has 2 heterocycles. The molecule has 2 aliphatic carbocycles. The molecule has 3 fully saturated rings. The van der Waals surface area contributed by atoms with E-state index in [1.54, 1.807) is 0 Å². The Balaban J connectivity index is 1.32. The van der Waals surface area contributed by atoms with Crippen molar-refractivity contribution in [2.45, 2.75) is 83.8 Å². The summed E-state index contributed by atoms with van der Waals surface area (Å²) in [6, 6.07) is 14.5. The number of hydrogen-bond acceptors (Lipinski definition) is 4. The molecule has 0 amide bonds. The van der Waals surface area contributed by atoms with Crippen molar-refractivity contribution in [3.8, 4) is 0 Å². The van der Waals surface area contributed by atoms with E-state index in [9.17, 15) is 14.4 Å². The average Bonchev–Trinajstić information content (AvgIpc) is 3.53. The lowest BCUT2D eigenvalue weighted by Crippen LogP contribution is -2.44. The molecule has 4 nitrogen and oxygen atoms in total. The summed E-state index contributed by atoms with van der Waals surface area (Å²) >= 11 is 0. The van der Waals surface area contributed by atoms with E-state index in [2.05, 4.69) is 42.5 Å². The molecule has 2 aliphatic heterocycles. The van der Waals surface area contributed by atoms with Crippen molar-refractivity contribution in [3.63, 3.8) is 0 Å². The van der Waals surface area contributed by atoms with E-state index in [1.165, 1.54) is 24.8 Å². The van der Waals surface area contributed by atoms with Crippen LogP contribution in [0.3, 0.4) is 0 Å². The fourth-order valence-electron chi connectivity index (χ4n) is 8.21. The smallest absolute Gasteiger partial charge is 0.144 e. The molecular weight excluding hydrogens is 484 g/mol. The lowest BCUT2D eigenvalue weighted by Gasteiger charge is -2.32. The van der Waals surface area contributed by atoms with E-state index < -0.39 is 35.4 Å². The zero-order chi connectivity index (χ0) is 27.3. The number of ether oxygens (including phenoxy) is 1. The van der Waals surface area contributed by atoms with Gasteiger partial charge < -0.3 is 4.74 Å². The summed E-state index contributed by atoms with van der Waals surface area (Å²) in [5.41, 5.74) is 4.47. The van der Waals surface area contributed by atoms with Gasteiger partial charge in [0.1, 0.15) is 23.0 Å². The second-order valence-electron chi connectivity index (χ2n) is 12.8. The maximum Gasteiger partial charge on any atom is 0.144 e. The minimum absolute atomic E-state index is 0.0446. The predicted octanol–water partition coefficient (Wildman–Crippen LogP) is 6.26. The molecule has 2 aromatic rings. The van der Waals surface area contributed by atoms with Crippen LogP contribution in [0.1, 0.15) is 66.3 Å². The van der Waals surface area contributed by atoms with Crippen LogP contribution in [-0.2, 0) is 32.0 Å². The Kier molecular flexibility index (Phi) is 6.95. The molecule has 2 aromatic carbocycles. The predicted molar refractivity (Wildman–Crippen MR) is 151 cm³/mol. The first-order chi connectivity index (χ1) is 18.7. The van der Waals surface area contributed by atoms with Gasteiger partial charge in [-0.2, -0.15) is 0 Å². The molecule has 0 N–H and O–H groups in total. The number of hydrogen-bond donors (Lipinski definition) is 0. The second kappa shape index (κ2) is 10.3. The second-order valence-corrected chi connectivity index (χ2v) is 12.8. The van der Waals surface area contributed by atoms with Gasteiger partial charge in [-0.15, -0.1) is 0 Å². The molecular formula is C35H40O4. The normalized spacial score (nSPS) is 31.6. The molecule has 4 aliphatic rings. The summed E-state index contributed by atoms with van der Waals surface area (Å²) in [5.74, 6) is -1.47. The minimum Gasteiger partial charge on any atom is -0.361 e. The van der Waals surface area contributed by atoms with E-state index in [0.29, 0.717) is 18.8 Å². The van der Waals surface area contributed by atoms with Gasteiger partial charge in [0.15, 0.2) is 0 Å². The van der Waals surface area contributed by atoms with Gasteiger partial charge in [-0.1, -0.05) is 103 Å². The lowest BCUT2D eigenvalue weighted by atomic mass is 9.70. The summed E-state index contributed by atoms with van der Waals surface area (Å²) in [4.78, 5) is 42.3. The third-order valence-corrected chi connectivity index (χ3v) is 9.82. The molecule has 39 heavy (non-hydrogen) atoms. The number of carbonyl (C=O) groups is 3. The van der Waals surface area contributed by atoms with Crippen LogP contribution in [0, 0.1) is 50.4 Å². The van der Waals surface area contributed by atoms with Gasteiger partial charge in [0.05, 0.1) is 23.9 Å². The largest absolute Gasteiger partial charge is 0.361 e. The number of Topliss-reactive ketones (excluding diaryl/α,β-unsaturated/α-hetero) is 3. The Morgan fingerprint density at radius 3 is 2.26 bits per heavy atom. The molecule has 6 rings (SSSR count). The van der Waals surface area contributed by atoms with Crippen LogP contribution in [-0.4, -0.2) is 29.1 Å². The number of fused-ring (bicyclic) bond motifs is 1. The molecule has 1 spiro atoms. The van der Waals surface area contributed by atoms with E-state index in [-0.39, 0.29) is 23.8 Å². The Bertz CT molecular complexity index is 1290. The van der Waals surface area contributed by atoms with Crippen LogP contribution < -0.4 is 0 Å². The highest BCUT2D eigenvalue weighted by molar-refractivity contribution is 6.02. The fraction of sp³-hybridized carbons (Fsp3) is 0.514. The minimum atomic E-state index is -0.980. The van der Waals surface area contributed by atoms with Crippen LogP contribution >= 0.6 is 0 Å². The summed E-state index contributed by atoms with van der Waals surface area (Å²) in [6.45, 7) is 6.13. The van der Waals surface area contributed by atoms with Crippen molar-refractivity contribution in [2.75, 3.05) is 0 Å². The van der Waals surface area contributed by atoms with Crippen LogP contribution in [0.4, 0.5) is 0 Å². The van der Waals surface area contributed by atoms with Gasteiger partial charge in [-0.25, -0.2) is 0 Å². The quantitative estimate of drug-likeness (QED) is 0.383. The number of benzene rings is 2. The molecule has 4 heteroatoms. The maximum absolute atomic E-state index is 14.3. The van der Waals surface area contributed by atoms with Gasteiger partial charge in [0.2, 0.25) is 0 Å². The monoisotopic (exact) mass is 524 g/mol. The Morgan fingerprint density at radius 2 is 1.56 bits per heavy atom. The molecule has 2 bridgehead atoms. The van der Waals surface area contributed by atoms with Crippen molar-refractivity contribution in [1.29, 1.82) is 0 Å². The fourth-order valence-corrected chi connectivity index (χ4v) is 8.21. The van der Waals surface area contributed by atoms with Gasteiger partial charge in [0.25, 0.3) is 0 Å². The maximum atomic E-state index is 14.3. The molecule has 6 unspecified atom stereocenters. The van der Waals surface area contributed by atoms with Gasteiger partial charge in [0, 0.05) is 18.8 Å². The SMILES string of the molecule is Cc1ccc(CC2C(=O)C3C(C(=O)Cc4cc(C)cc(C)c4)C4C=CC3(O4)C2C(=O)CC2CCCCC2)cc1. The van der Waals surface area contributed by atoms with E-state index in [0.717, 1.165) is 35.1 Å². The molecule has 204 valence electrons. The number of rotatable bonds is 8. The summed E-state index contributed by atoms with van der Waals surface area (Å²) in [5, 5.41) is 0. The molecule has 1 saturated heterocycles. The topological polar surface area (TPSA) is 60.4 Å². The van der Waals surface area contributed by atoms with Crippen molar-refractivity contribution in [1.82, 2.24) is 0 Å². The zero-order valence-electron chi connectivity index (χ0n) is 23.5. The highest BCUT2D eigenvalue weighted by Crippen LogP contribution is 2.60. The van der Waals surface area contributed by atoms with Crippen molar-refractivity contribution in [3.05, 3.63) is 82.4 Å². The first-order valence-electron chi connectivity index (χ1n) is 14.8. The zero-order valence-corrected chi connectivity index (χ0v) is 23.5.